The average Bonchev–Trinajstić information content (AvgIpc) is 3.06. The molecule has 1 aliphatic rings. The maximum Gasteiger partial charge on any atom is 0.416 e. The maximum atomic E-state index is 12.9. The highest BCUT2D eigenvalue weighted by Gasteiger charge is 2.37. The Labute approximate surface area is 159 Å². The van der Waals surface area contributed by atoms with Gasteiger partial charge in [0.15, 0.2) is 0 Å². The number of hydrogen-bond donors (Lipinski definition) is 1. The van der Waals surface area contributed by atoms with Crippen LogP contribution >= 0.6 is 0 Å². The molecule has 1 fully saturated rings. The number of carbonyl (C=O) groups excluding carboxylic acids is 2. The molecule has 5 nitrogen and oxygen atoms in total. The summed E-state index contributed by atoms with van der Waals surface area (Å²) in [5, 5.41) is 2.04. The van der Waals surface area contributed by atoms with E-state index in [1.165, 1.54) is 29.2 Å². The van der Waals surface area contributed by atoms with Crippen LogP contribution in [0, 0.1) is 0 Å². The van der Waals surface area contributed by atoms with Gasteiger partial charge in [0.25, 0.3) is 5.91 Å². The normalized spacial score (nSPS) is 14.7. The molecule has 1 saturated heterocycles. The van der Waals surface area contributed by atoms with Crippen molar-refractivity contribution in [1.29, 1.82) is 0 Å². The number of nitrogens with zero attached hydrogens (tertiary/aromatic N) is 1. The van der Waals surface area contributed by atoms with Crippen molar-refractivity contribution >= 4 is 23.4 Å². The number of carbonyl (C=O) groups is 2. The first kappa shape index (κ1) is 20.5. The number of alkyl halides is 6. The smallest absolute Gasteiger partial charge is 0.416 e. The van der Waals surface area contributed by atoms with Crippen molar-refractivity contribution in [2.24, 2.45) is 0 Å². The van der Waals surface area contributed by atoms with E-state index in [0.29, 0.717) is 17.8 Å². The topological polar surface area (TPSA) is 58.6 Å². The van der Waals surface area contributed by atoms with Gasteiger partial charge in [0.2, 0.25) is 0 Å². The van der Waals surface area contributed by atoms with Crippen LogP contribution in [0.1, 0.15) is 21.5 Å². The van der Waals surface area contributed by atoms with Gasteiger partial charge in [-0.05, 0) is 36.4 Å². The molecular formula is C18H12F6N2O3. The number of benzene rings is 2. The molecule has 1 heterocycles. The van der Waals surface area contributed by atoms with E-state index in [0.717, 1.165) is 0 Å². The molecule has 2 amide bonds. The molecule has 11 heteroatoms. The zero-order valence-corrected chi connectivity index (χ0v) is 14.4. The van der Waals surface area contributed by atoms with Crippen molar-refractivity contribution in [3.05, 3.63) is 59.2 Å². The second kappa shape index (κ2) is 7.30. The summed E-state index contributed by atoms with van der Waals surface area (Å²) in [7, 11) is 0. The quantitative estimate of drug-likeness (QED) is 0.719. The number of rotatable bonds is 3. The van der Waals surface area contributed by atoms with Crippen molar-refractivity contribution in [1.82, 2.24) is 0 Å². The van der Waals surface area contributed by atoms with Gasteiger partial charge < -0.3 is 10.1 Å². The highest BCUT2D eigenvalue weighted by atomic mass is 19.4. The van der Waals surface area contributed by atoms with Gasteiger partial charge in [0.1, 0.15) is 6.61 Å². The van der Waals surface area contributed by atoms with Crippen LogP contribution in [0.15, 0.2) is 42.5 Å². The van der Waals surface area contributed by atoms with Crippen LogP contribution in [0.3, 0.4) is 0 Å². The summed E-state index contributed by atoms with van der Waals surface area (Å²) in [5.41, 5.74) is -3.51. The Kier molecular flexibility index (Phi) is 5.16. The van der Waals surface area contributed by atoms with Crippen molar-refractivity contribution in [2.75, 3.05) is 23.4 Å². The number of amides is 2. The van der Waals surface area contributed by atoms with E-state index in [2.05, 4.69) is 0 Å². The Hall–Kier alpha value is -3.24. The van der Waals surface area contributed by atoms with Crippen molar-refractivity contribution < 1.29 is 40.7 Å². The molecule has 3 rings (SSSR count). The molecule has 0 bridgehead atoms. The molecule has 1 N–H and O–H groups in total. The largest absolute Gasteiger partial charge is 0.447 e. The lowest BCUT2D eigenvalue weighted by Crippen LogP contribution is -2.23. The van der Waals surface area contributed by atoms with E-state index < -0.39 is 41.2 Å². The van der Waals surface area contributed by atoms with Crippen molar-refractivity contribution in [2.45, 2.75) is 12.4 Å². The van der Waals surface area contributed by atoms with Crippen molar-refractivity contribution in [3.8, 4) is 0 Å². The first-order valence-electron chi connectivity index (χ1n) is 8.10. The number of anilines is 2. The first-order valence-corrected chi connectivity index (χ1v) is 8.10. The van der Waals surface area contributed by atoms with E-state index in [-0.39, 0.29) is 24.8 Å². The van der Waals surface area contributed by atoms with Gasteiger partial charge in [-0.15, -0.1) is 0 Å². The molecule has 0 saturated carbocycles. The third-order valence-electron chi connectivity index (χ3n) is 4.03. The number of ether oxygens (including phenoxy) is 1. The monoisotopic (exact) mass is 418 g/mol. The Bertz CT molecular complexity index is 923. The minimum atomic E-state index is -5.03. The van der Waals surface area contributed by atoms with Gasteiger partial charge in [0.05, 0.1) is 17.7 Å². The Morgan fingerprint density at radius 2 is 1.59 bits per heavy atom. The van der Waals surface area contributed by atoms with Gasteiger partial charge in [0, 0.05) is 16.9 Å². The van der Waals surface area contributed by atoms with Crippen LogP contribution < -0.4 is 10.2 Å². The zero-order chi connectivity index (χ0) is 21.4. The molecular weight excluding hydrogens is 406 g/mol. The molecule has 2 aromatic rings. The highest BCUT2D eigenvalue weighted by Crippen LogP contribution is 2.37. The van der Waals surface area contributed by atoms with E-state index >= 15 is 0 Å². The lowest BCUT2D eigenvalue weighted by atomic mass is 10.1. The number of hydrogen-bond acceptors (Lipinski definition) is 3. The molecule has 0 radical (unpaired) electrons. The summed E-state index contributed by atoms with van der Waals surface area (Å²) in [4.78, 5) is 25.2. The van der Waals surface area contributed by atoms with Crippen molar-refractivity contribution in [3.63, 3.8) is 0 Å². The summed E-state index contributed by atoms with van der Waals surface area (Å²) >= 11 is 0. The van der Waals surface area contributed by atoms with Crippen LogP contribution in [-0.4, -0.2) is 25.2 Å². The Morgan fingerprint density at radius 1 is 0.966 bits per heavy atom. The fourth-order valence-electron chi connectivity index (χ4n) is 2.67. The summed E-state index contributed by atoms with van der Waals surface area (Å²) in [6.07, 6.45) is -10.7. The molecule has 0 spiro atoms. The van der Waals surface area contributed by atoms with E-state index in [9.17, 15) is 35.9 Å². The van der Waals surface area contributed by atoms with E-state index in [1.807, 2.05) is 5.32 Å². The first-order chi connectivity index (χ1) is 13.4. The van der Waals surface area contributed by atoms with E-state index in [4.69, 9.17) is 4.74 Å². The van der Waals surface area contributed by atoms with E-state index in [1.54, 1.807) is 0 Å². The maximum absolute atomic E-state index is 12.9. The molecule has 2 aromatic carbocycles. The summed E-state index contributed by atoms with van der Waals surface area (Å²) in [6, 6.07) is 6.30. The summed E-state index contributed by atoms with van der Waals surface area (Å²) in [6.45, 7) is 0.395. The third kappa shape index (κ3) is 4.61. The van der Waals surface area contributed by atoms with Crippen LogP contribution in [0.25, 0.3) is 0 Å². The number of cyclic esters (lactones) is 1. The molecule has 0 aromatic heterocycles. The van der Waals surface area contributed by atoms with Gasteiger partial charge in [-0.25, -0.2) is 4.79 Å². The second-order valence-electron chi connectivity index (χ2n) is 6.07. The third-order valence-corrected chi connectivity index (χ3v) is 4.03. The predicted molar refractivity (Wildman–Crippen MR) is 89.5 cm³/mol. The lowest BCUT2D eigenvalue weighted by molar-refractivity contribution is -0.143. The Morgan fingerprint density at radius 3 is 2.10 bits per heavy atom. The lowest BCUT2D eigenvalue weighted by Gasteiger charge is -2.16. The predicted octanol–water partition coefficient (Wildman–Crippen LogP) is 4.93. The molecule has 0 atom stereocenters. The fraction of sp³-hybridized carbons (Fsp3) is 0.222. The van der Waals surface area contributed by atoms with Crippen LogP contribution in [0.2, 0.25) is 0 Å². The molecule has 29 heavy (non-hydrogen) atoms. The van der Waals surface area contributed by atoms with Gasteiger partial charge in [-0.3, -0.25) is 9.69 Å². The minimum Gasteiger partial charge on any atom is -0.447 e. The van der Waals surface area contributed by atoms with Crippen LogP contribution in [-0.2, 0) is 17.1 Å². The fourth-order valence-corrected chi connectivity index (χ4v) is 2.67. The zero-order valence-electron chi connectivity index (χ0n) is 14.4. The standard InChI is InChI=1S/C18H12F6N2O3/c19-17(20,21)11-7-12(18(22,23)24)9-13(8-11)25-15(27)10-2-1-3-14(6-10)26-4-5-29-16(26)28/h1-3,6-9H,4-5H2,(H,25,27). The SMILES string of the molecule is O=C(Nc1cc(C(F)(F)F)cc(C(F)(F)F)c1)c1cccc(N2CCOC2=O)c1. The van der Waals surface area contributed by atoms with Gasteiger partial charge >= 0.3 is 18.4 Å². The number of nitrogens with one attached hydrogen (secondary N) is 1. The molecule has 0 aliphatic carbocycles. The summed E-state index contributed by atoms with van der Waals surface area (Å²) < 4.78 is 82.4. The minimum absolute atomic E-state index is 0.0325. The van der Waals surface area contributed by atoms with Crippen LogP contribution in [0.4, 0.5) is 42.5 Å². The molecule has 0 unspecified atom stereocenters. The second-order valence-corrected chi connectivity index (χ2v) is 6.07. The van der Waals surface area contributed by atoms with Gasteiger partial charge in [-0.2, -0.15) is 26.3 Å². The molecule has 154 valence electrons. The van der Waals surface area contributed by atoms with Gasteiger partial charge in [-0.1, -0.05) is 6.07 Å². The Balaban J connectivity index is 1.90. The average molecular weight is 418 g/mol. The number of halogens is 6. The summed E-state index contributed by atoms with van der Waals surface area (Å²) in [5.74, 6) is -0.938. The molecule has 1 aliphatic heterocycles. The van der Waals surface area contributed by atoms with Crippen LogP contribution in [0.5, 0.6) is 0 Å². The highest BCUT2D eigenvalue weighted by molar-refractivity contribution is 6.05.